The second kappa shape index (κ2) is 6.30. The smallest absolute Gasteiger partial charge is 0.328 e. The number of rotatable bonds is 4. The van der Waals surface area contributed by atoms with Crippen LogP contribution in [0.1, 0.15) is 10.5 Å². The molecule has 8 nitrogen and oxygen atoms in total. The van der Waals surface area contributed by atoms with Crippen molar-refractivity contribution in [3.8, 4) is 17.5 Å². The molecule has 0 bridgehead atoms. The summed E-state index contributed by atoms with van der Waals surface area (Å²) in [5.41, 5.74) is 0.418. The molecule has 1 saturated heterocycles. The molecule has 1 aliphatic rings. The lowest BCUT2D eigenvalue weighted by molar-refractivity contribution is -0.120. The number of hydrogen-bond acceptors (Lipinski definition) is 6. The maximum atomic E-state index is 11.8. The number of hydrogen-bond donors (Lipinski definition) is 1. The Morgan fingerprint density at radius 1 is 1.26 bits per heavy atom. The first-order chi connectivity index (χ1) is 12.3. The zero-order chi connectivity index (χ0) is 18.7. The second-order valence-corrected chi connectivity index (χ2v) is 4.66. The normalized spacial score (nSPS) is 16.9. The average molecular weight is 317 g/mol. The van der Waals surface area contributed by atoms with E-state index in [0.717, 1.165) is 0 Å². The van der Waals surface area contributed by atoms with E-state index in [1.54, 1.807) is 12.1 Å². The molecule has 2 aromatic rings. The average Bonchev–Trinajstić information content (AvgIpc) is 2.55. The van der Waals surface area contributed by atoms with Crippen molar-refractivity contribution in [2.75, 3.05) is 18.5 Å². The van der Waals surface area contributed by atoms with Crippen LogP contribution in [0.5, 0.6) is 17.5 Å². The van der Waals surface area contributed by atoms with Crippen molar-refractivity contribution in [2.24, 2.45) is 0 Å². The van der Waals surface area contributed by atoms with Crippen molar-refractivity contribution < 1.29 is 23.2 Å². The molecule has 0 unspecified atom stereocenters. The van der Waals surface area contributed by atoms with Crippen molar-refractivity contribution in [3.63, 3.8) is 0 Å². The van der Waals surface area contributed by atoms with Crippen LogP contribution in [0.15, 0.2) is 36.7 Å². The maximum Gasteiger partial charge on any atom is 0.328 e. The Bertz CT molecular complexity index is 826. The van der Waals surface area contributed by atoms with Gasteiger partial charge in [-0.25, -0.2) is 14.8 Å². The first-order valence-electron chi connectivity index (χ1n) is 8.20. The van der Waals surface area contributed by atoms with Crippen molar-refractivity contribution in [1.29, 1.82) is 0 Å². The third-order valence-electron chi connectivity index (χ3n) is 3.11. The molecule has 0 saturated carbocycles. The number of amides is 3. The first kappa shape index (κ1) is 11.4. The zero-order valence-corrected chi connectivity index (χ0v) is 11.9. The summed E-state index contributed by atoms with van der Waals surface area (Å²) in [4.78, 5) is 32.3. The third kappa shape index (κ3) is 3.37. The summed E-state index contributed by atoms with van der Waals surface area (Å²) in [6, 6.07) is 5.52. The highest BCUT2D eigenvalue weighted by Crippen LogP contribution is 2.23. The number of urea groups is 1. The molecule has 3 amide bonds. The van der Waals surface area contributed by atoms with Gasteiger partial charge in [-0.05, 0) is 12.1 Å². The van der Waals surface area contributed by atoms with E-state index in [-0.39, 0.29) is 30.6 Å². The van der Waals surface area contributed by atoms with Gasteiger partial charge < -0.3 is 9.47 Å². The van der Waals surface area contributed by atoms with Crippen LogP contribution in [-0.2, 0) is 4.79 Å². The van der Waals surface area contributed by atoms with E-state index in [2.05, 4.69) is 15.3 Å². The second-order valence-electron chi connectivity index (χ2n) is 4.66. The number of methoxy groups -OCH3 is 1. The van der Waals surface area contributed by atoms with Crippen molar-refractivity contribution in [3.05, 3.63) is 36.7 Å². The Kier molecular flexibility index (Phi) is 3.13. The van der Waals surface area contributed by atoms with Gasteiger partial charge in [-0.2, -0.15) is 0 Å². The number of aromatic nitrogens is 2. The molecular formula is C15H14N4O4. The van der Waals surface area contributed by atoms with Crippen LogP contribution in [0.3, 0.4) is 0 Å². The standard InChI is InChI=1S/C15H14N4O4/c1-22-11-3-2-4-12(7-11)23-14-16-8-10(9-17-14)19-6-5-13(20)18-15(19)21/h2-4,7-9H,5-6H2,1H3,(H,18,20,21)/i1D3. The monoisotopic (exact) mass is 317 g/mol. The minimum Gasteiger partial charge on any atom is -0.497 e. The van der Waals surface area contributed by atoms with Gasteiger partial charge in [0.15, 0.2) is 0 Å². The maximum absolute atomic E-state index is 11.8. The Hall–Kier alpha value is -3.16. The fourth-order valence-electron chi connectivity index (χ4n) is 2.02. The fraction of sp³-hybridized carbons (Fsp3) is 0.200. The van der Waals surface area contributed by atoms with E-state index in [1.807, 2.05) is 0 Å². The number of ether oxygens (including phenoxy) is 2. The SMILES string of the molecule is [2H]C([2H])([2H])Oc1cccc(Oc2ncc(N3CCC(=O)NC3=O)cn2)c1. The first-order valence-corrected chi connectivity index (χ1v) is 6.70. The zero-order valence-electron chi connectivity index (χ0n) is 14.9. The van der Waals surface area contributed by atoms with E-state index in [0.29, 0.717) is 11.4 Å². The van der Waals surface area contributed by atoms with Crippen LogP contribution >= 0.6 is 0 Å². The fourth-order valence-corrected chi connectivity index (χ4v) is 2.02. The van der Waals surface area contributed by atoms with Crippen molar-refractivity contribution in [1.82, 2.24) is 15.3 Å². The molecule has 3 rings (SSSR count). The molecular weight excluding hydrogens is 300 g/mol. The molecule has 0 radical (unpaired) electrons. The number of carbonyl (C=O) groups is 2. The number of carbonyl (C=O) groups excluding carboxylic acids is 2. The summed E-state index contributed by atoms with van der Waals surface area (Å²) < 4.78 is 31.6. The lowest BCUT2D eigenvalue weighted by atomic mass is 10.3. The van der Waals surface area contributed by atoms with Crippen LogP contribution in [-0.4, -0.2) is 35.5 Å². The van der Waals surface area contributed by atoms with E-state index in [9.17, 15) is 9.59 Å². The number of nitrogens with zero attached hydrogens (tertiary/aromatic N) is 3. The molecule has 2 heterocycles. The summed E-state index contributed by atoms with van der Waals surface area (Å²) in [5.74, 6) is 0.0841. The van der Waals surface area contributed by atoms with Crippen LogP contribution in [0.4, 0.5) is 10.5 Å². The predicted molar refractivity (Wildman–Crippen MR) is 80.6 cm³/mol. The number of nitrogens with one attached hydrogen (secondary N) is 1. The topological polar surface area (TPSA) is 93.7 Å². The third-order valence-corrected chi connectivity index (χ3v) is 3.11. The van der Waals surface area contributed by atoms with Gasteiger partial charge in [0.2, 0.25) is 5.91 Å². The minimum atomic E-state index is -2.56. The van der Waals surface area contributed by atoms with Crippen LogP contribution in [0.2, 0.25) is 0 Å². The van der Waals surface area contributed by atoms with Gasteiger partial charge in [-0.1, -0.05) is 6.07 Å². The molecule has 1 aromatic heterocycles. The van der Waals surface area contributed by atoms with E-state index in [1.165, 1.54) is 29.4 Å². The molecule has 1 N–H and O–H groups in total. The lowest BCUT2D eigenvalue weighted by Gasteiger charge is -2.25. The highest BCUT2D eigenvalue weighted by atomic mass is 16.5. The van der Waals surface area contributed by atoms with Gasteiger partial charge in [0.25, 0.3) is 0 Å². The molecule has 1 aromatic carbocycles. The number of benzene rings is 1. The van der Waals surface area contributed by atoms with Gasteiger partial charge in [0, 0.05) is 19.0 Å². The van der Waals surface area contributed by atoms with Gasteiger partial charge in [0.05, 0.1) is 29.2 Å². The quantitative estimate of drug-likeness (QED) is 0.923. The van der Waals surface area contributed by atoms with Crippen LogP contribution < -0.4 is 19.7 Å². The number of imide groups is 1. The van der Waals surface area contributed by atoms with E-state index in [4.69, 9.17) is 13.6 Å². The van der Waals surface area contributed by atoms with Crippen molar-refractivity contribution >= 4 is 17.6 Å². The lowest BCUT2D eigenvalue weighted by Crippen LogP contribution is -2.49. The van der Waals surface area contributed by atoms with Gasteiger partial charge >= 0.3 is 12.0 Å². The summed E-state index contributed by atoms with van der Waals surface area (Å²) in [6.45, 7) is 0.239. The van der Waals surface area contributed by atoms with Crippen molar-refractivity contribution in [2.45, 2.75) is 6.42 Å². The Morgan fingerprint density at radius 3 is 2.78 bits per heavy atom. The Balaban J connectivity index is 1.69. The summed E-state index contributed by atoms with van der Waals surface area (Å²) in [7, 11) is -2.56. The molecule has 8 heteroatoms. The van der Waals surface area contributed by atoms with Crippen LogP contribution in [0, 0.1) is 0 Å². The molecule has 1 aliphatic heterocycles. The summed E-state index contributed by atoms with van der Waals surface area (Å²) in [5, 5.41) is 2.21. The van der Waals surface area contributed by atoms with E-state index >= 15 is 0 Å². The molecule has 0 spiro atoms. The Labute approximate surface area is 136 Å². The minimum absolute atomic E-state index is 0.00766. The summed E-state index contributed by atoms with van der Waals surface area (Å²) in [6.07, 6.45) is 2.97. The van der Waals surface area contributed by atoms with Gasteiger partial charge in [0.1, 0.15) is 11.5 Å². The van der Waals surface area contributed by atoms with Gasteiger partial charge in [-0.15, -0.1) is 0 Å². The summed E-state index contributed by atoms with van der Waals surface area (Å²) >= 11 is 0. The molecule has 0 atom stereocenters. The molecule has 23 heavy (non-hydrogen) atoms. The number of anilines is 1. The molecule has 1 fully saturated rings. The predicted octanol–water partition coefficient (Wildman–Crippen LogP) is 1.72. The Morgan fingerprint density at radius 2 is 2.04 bits per heavy atom. The molecule has 118 valence electrons. The largest absolute Gasteiger partial charge is 0.497 e. The van der Waals surface area contributed by atoms with Gasteiger partial charge in [-0.3, -0.25) is 15.0 Å². The molecule has 0 aliphatic carbocycles. The highest BCUT2D eigenvalue weighted by Gasteiger charge is 2.24. The highest BCUT2D eigenvalue weighted by molar-refractivity contribution is 6.05. The van der Waals surface area contributed by atoms with E-state index < -0.39 is 13.1 Å². The van der Waals surface area contributed by atoms with Crippen LogP contribution in [0.25, 0.3) is 0 Å².